The zero-order valence-electron chi connectivity index (χ0n) is 18.3. The molecule has 1 aromatic carbocycles. The number of carbonyl (C=O) groups is 2. The average Bonchev–Trinajstić information content (AvgIpc) is 3.16. The number of rotatable bonds is 6. The highest BCUT2D eigenvalue weighted by Crippen LogP contribution is 2.25. The van der Waals surface area contributed by atoms with Crippen molar-refractivity contribution in [1.82, 2.24) is 18.9 Å². The second kappa shape index (κ2) is 8.99. The Morgan fingerprint density at radius 3 is 2.59 bits per heavy atom. The number of imidazole rings is 1. The second-order valence-corrected chi connectivity index (χ2v) is 9.87. The standard InChI is InChI=1S/C21H27N5O5S/c1-3-26-18-9-7-15(32(29,30)25-11-5-4-6-12-25)13-17(18)22-19(26)14-31-21(28)16-8-10-20(27)24(2)23-16/h7,9,13H,3-6,8,10-12,14H2,1-2H3. The molecule has 0 atom stereocenters. The molecule has 11 heteroatoms. The first-order valence-electron chi connectivity index (χ1n) is 10.8. The predicted octanol–water partition coefficient (Wildman–Crippen LogP) is 1.88. The number of benzene rings is 1. The average molecular weight is 462 g/mol. The van der Waals surface area contributed by atoms with Gasteiger partial charge in [0.25, 0.3) is 0 Å². The molecule has 0 spiro atoms. The summed E-state index contributed by atoms with van der Waals surface area (Å²) >= 11 is 0. The molecule has 3 heterocycles. The van der Waals surface area contributed by atoms with E-state index in [1.54, 1.807) is 18.2 Å². The summed E-state index contributed by atoms with van der Waals surface area (Å²) in [4.78, 5) is 28.7. The van der Waals surface area contributed by atoms with Crippen LogP contribution in [0, 0.1) is 0 Å². The maximum Gasteiger partial charge on any atom is 0.354 e. The topological polar surface area (TPSA) is 114 Å². The SMILES string of the molecule is CCn1c(COC(=O)C2=NN(C)C(=O)CC2)nc2cc(S(=O)(=O)N3CCCCC3)ccc21. The van der Waals surface area contributed by atoms with Crippen molar-refractivity contribution in [2.24, 2.45) is 5.10 Å². The Balaban J connectivity index is 1.56. The van der Waals surface area contributed by atoms with E-state index in [1.807, 2.05) is 11.5 Å². The maximum atomic E-state index is 13.0. The highest BCUT2D eigenvalue weighted by molar-refractivity contribution is 7.89. The molecule has 0 aliphatic carbocycles. The molecule has 0 N–H and O–H groups in total. The molecule has 0 saturated carbocycles. The Kier molecular flexibility index (Phi) is 6.29. The first-order valence-corrected chi connectivity index (χ1v) is 12.3. The number of ether oxygens (including phenoxy) is 1. The summed E-state index contributed by atoms with van der Waals surface area (Å²) in [6.45, 7) is 3.52. The van der Waals surface area contributed by atoms with Crippen LogP contribution in [0.25, 0.3) is 11.0 Å². The molecule has 0 radical (unpaired) electrons. The van der Waals surface area contributed by atoms with E-state index in [0.717, 1.165) is 29.8 Å². The van der Waals surface area contributed by atoms with Crippen molar-refractivity contribution in [2.45, 2.75) is 57.1 Å². The Morgan fingerprint density at radius 2 is 1.91 bits per heavy atom. The molecular formula is C21H27N5O5S. The van der Waals surface area contributed by atoms with Crippen LogP contribution < -0.4 is 0 Å². The van der Waals surface area contributed by atoms with Crippen LogP contribution in [0.15, 0.2) is 28.2 Å². The molecule has 0 unspecified atom stereocenters. The summed E-state index contributed by atoms with van der Waals surface area (Å²) in [5.41, 5.74) is 1.51. The molecule has 10 nitrogen and oxygen atoms in total. The summed E-state index contributed by atoms with van der Waals surface area (Å²) in [7, 11) is -2.06. The summed E-state index contributed by atoms with van der Waals surface area (Å²) < 4.78 is 34.8. The summed E-state index contributed by atoms with van der Waals surface area (Å²) in [5, 5.41) is 5.12. The van der Waals surface area contributed by atoms with Crippen molar-refractivity contribution in [3.63, 3.8) is 0 Å². The van der Waals surface area contributed by atoms with Crippen LogP contribution in [-0.2, 0) is 37.5 Å². The normalized spacial score (nSPS) is 18.1. The fraction of sp³-hybridized carbons (Fsp3) is 0.524. The van der Waals surface area contributed by atoms with Gasteiger partial charge in [0.1, 0.15) is 18.1 Å². The van der Waals surface area contributed by atoms with Gasteiger partial charge in [-0.3, -0.25) is 4.79 Å². The number of hydrazone groups is 1. The number of piperidine rings is 1. The number of aromatic nitrogens is 2. The minimum atomic E-state index is -3.56. The van der Waals surface area contributed by atoms with Gasteiger partial charge >= 0.3 is 5.97 Å². The fourth-order valence-electron chi connectivity index (χ4n) is 4.07. The Bertz CT molecular complexity index is 1180. The summed E-state index contributed by atoms with van der Waals surface area (Å²) in [6.07, 6.45) is 3.25. The van der Waals surface area contributed by atoms with Crippen LogP contribution in [0.2, 0.25) is 0 Å². The molecule has 2 aliphatic heterocycles. The van der Waals surface area contributed by atoms with E-state index in [1.165, 1.54) is 11.4 Å². The van der Waals surface area contributed by atoms with E-state index in [-0.39, 0.29) is 36.0 Å². The Hall–Kier alpha value is -2.79. The molecule has 32 heavy (non-hydrogen) atoms. The molecular weight excluding hydrogens is 434 g/mol. The number of aryl methyl sites for hydroxylation is 1. The number of fused-ring (bicyclic) bond motifs is 1. The van der Waals surface area contributed by atoms with Crippen LogP contribution in [0.3, 0.4) is 0 Å². The third-order valence-corrected chi connectivity index (χ3v) is 7.74. The molecule has 1 aromatic heterocycles. The molecule has 1 saturated heterocycles. The van der Waals surface area contributed by atoms with E-state index in [2.05, 4.69) is 10.1 Å². The molecule has 0 bridgehead atoms. The van der Waals surface area contributed by atoms with Crippen LogP contribution in [-0.4, -0.2) is 65.0 Å². The third-order valence-electron chi connectivity index (χ3n) is 5.84. The summed E-state index contributed by atoms with van der Waals surface area (Å²) in [5.74, 6) is -0.221. The second-order valence-electron chi connectivity index (χ2n) is 7.93. The number of sulfonamides is 1. The lowest BCUT2D eigenvalue weighted by molar-refractivity contribution is -0.137. The lowest BCUT2D eigenvalue weighted by atomic mass is 10.2. The van der Waals surface area contributed by atoms with E-state index in [4.69, 9.17) is 4.74 Å². The first-order chi connectivity index (χ1) is 15.3. The number of amides is 1. The van der Waals surface area contributed by atoms with Crippen LogP contribution in [0.5, 0.6) is 0 Å². The van der Waals surface area contributed by atoms with E-state index >= 15 is 0 Å². The Morgan fingerprint density at radius 1 is 1.16 bits per heavy atom. The van der Waals surface area contributed by atoms with E-state index < -0.39 is 16.0 Å². The number of hydrogen-bond donors (Lipinski definition) is 0. The lowest BCUT2D eigenvalue weighted by Gasteiger charge is -2.25. The molecule has 2 aliphatic rings. The van der Waals surface area contributed by atoms with Gasteiger partial charge in [-0.1, -0.05) is 6.42 Å². The van der Waals surface area contributed by atoms with Crippen molar-refractivity contribution in [3.8, 4) is 0 Å². The van der Waals surface area contributed by atoms with Crippen LogP contribution in [0.4, 0.5) is 0 Å². The minimum absolute atomic E-state index is 0.0771. The predicted molar refractivity (Wildman–Crippen MR) is 117 cm³/mol. The fourth-order valence-corrected chi connectivity index (χ4v) is 5.61. The highest BCUT2D eigenvalue weighted by atomic mass is 32.2. The zero-order chi connectivity index (χ0) is 22.9. The number of hydrogen-bond acceptors (Lipinski definition) is 7. The van der Waals surface area contributed by atoms with E-state index in [0.29, 0.717) is 31.0 Å². The molecule has 4 rings (SSSR count). The minimum Gasteiger partial charge on any atom is -0.453 e. The molecule has 172 valence electrons. The monoisotopic (exact) mass is 461 g/mol. The van der Waals surface area contributed by atoms with Gasteiger partial charge < -0.3 is 9.30 Å². The first kappa shape index (κ1) is 22.4. The number of nitrogens with zero attached hydrogens (tertiary/aromatic N) is 5. The Labute approximate surface area is 186 Å². The van der Waals surface area contributed by atoms with Crippen molar-refractivity contribution in [1.29, 1.82) is 0 Å². The third kappa shape index (κ3) is 4.26. The quantitative estimate of drug-likeness (QED) is 0.607. The molecule has 2 aromatic rings. The molecule has 1 fully saturated rings. The highest BCUT2D eigenvalue weighted by Gasteiger charge is 2.27. The summed E-state index contributed by atoms with van der Waals surface area (Å²) in [6, 6.07) is 4.95. The van der Waals surface area contributed by atoms with Gasteiger partial charge in [-0.25, -0.2) is 23.2 Å². The molecule has 1 amide bonds. The van der Waals surface area contributed by atoms with Gasteiger partial charge in [0.05, 0.1) is 15.9 Å². The van der Waals surface area contributed by atoms with Gasteiger partial charge in [-0.05, 0) is 38.0 Å². The smallest absolute Gasteiger partial charge is 0.354 e. The van der Waals surface area contributed by atoms with Crippen molar-refractivity contribution < 1.29 is 22.7 Å². The zero-order valence-corrected chi connectivity index (χ0v) is 19.1. The number of carbonyl (C=O) groups excluding carboxylic acids is 2. The van der Waals surface area contributed by atoms with Gasteiger partial charge in [-0.15, -0.1) is 0 Å². The van der Waals surface area contributed by atoms with Gasteiger partial charge in [-0.2, -0.15) is 9.41 Å². The van der Waals surface area contributed by atoms with Crippen molar-refractivity contribution in [2.75, 3.05) is 20.1 Å². The number of esters is 1. The van der Waals surface area contributed by atoms with Crippen molar-refractivity contribution >= 4 is 38.6 Å². The van der Waals surface area contributed by atoms with Gasteiger partial charge in [0, 0.05) is 39.5 Å². The van der Waals surface area contributed by atoms with Crippen LogP contribution >= 0.6 is 0 Å². The van der Waals surface area contributed by atoms with Gasteiger partial charge in [0.15, 0.2) is 0 Å². The van der Waals surface area contributed by atoms with E-state index in [9.17, 15) is 18.0 Å². The van der Waals surface area contributed by atoms with Crippen molar-refractivity contribution in [3.05, 3.63) is 24.0 Å². The van der Waals surface area contributed by atoms with Gasteiger partial charge in [0.2, 0.25) is 15.9 Å². The maximum absolute atomic E-state index is 13.0. The largest absolute Gasteiger partial charge is 0.453 e. The lowest BCUT2D eigenvalue weighted by Crippen LogP contribution is -2.35. The van der Waals surface area contributed by atoms with Crippen LogP contribution in [0.1, 0.15) is 44.9 Å².